The highest BCUT2D eigenvalue weighted by molar-refractivity contribution is 9.10. The third-order valence-electron chi connectivity index (χ3n) is 5.82. The van der Waals surface area contributed by atoms with Crippen LogP contribution in [0.2, 0.25) is 0 Å². The summed E-state index contributed by atoms with van der Waals surface area (Å²) in [6.07, 6.45) is 7.33. The fourth-order valence-electron chi connectivity index (χ4n) is 4.22. The summed E-state index contributed by atoms with van der Waals surface area (Å²) in [5.41, 5.74) is 2.78. The molecule has 1 atom stereocenters. The first-order chi connectivity index (χ1) is 15.7. The van der Waals surface area contributed by atoms with Crippen LogP contribution in [-0.2, 0) is 20.0 Å². The minimum absolute atomic E-state index is 0.0212. The largest absolute Gasteiger partial charge is 0.492 e. The quantitative estimate of drug-likeness (QED) is 0.451. The molecule has 0 spiro atoms. The molecule has 8 heteroatoms. The normalized spacial score (nSPS) is 20.3. The fourth-order valence-corrected chi connectivity index (χ4v) is 4.62. The van der Waals surface area contributed by atoms with Crippen molar-refractivity contribution in [2.45, 2.75) is 37.7 Å². The number of halogens is 1. The van der Waals surface area contributed by atoms with Gasteiger partial charge in [-0.3, -0.25) is 4.98 Å². The third kappa shape index (κ3) is 4.59. The van der Waals surface area contributed by atoms with Gasteiger partial charge in [0, 0.05) is 29.3 Å². The number of hydrogen-bond acceptors (Lipinski definition) is 6. The van der Waals surface area contributed by atoms with Crippen LogP contribution in [0.3, 0.4) is 0 Å². The summed E-state index contributed by atoms with van der Waals surface area (Å²) in [6, 6.07) is 13.9. The lowest BCUT2D eigenvalue weighted by Crippen LogP contribution is -2.29. The van der Waals surface area contributed by atoms with Crippen molar-refractivity contribution in [1.82, 2.24) is 14.8 Å². The Hall–Kier alpha value is -2.26. The van der Waals surface area contributed by atoms with E-state index in [1.165, 1.54) is 0 Å². The van der Waals surface area contributed by atoms with E-state index in [1.54, 1.807) is 12.4 Å². The third-order valence-corrected chi connectivity index (χ3v) is 6.31. The van der Waals surface area contributed by atoms with Gasteiger partial charge in [0.25, 0.3) is 0 Å². The van der Waals surface area contributed by atoms with Crippen LogP contribution in [0.5, 0.6) is 5.75 Å². The summed E-state index contributed by atoms with van der Waals surface area (Å²) in [5, 5.41) is 4.46. The predicted octanol–water partition coefficient (Wildman–Crippen LogP) is 5.08. The highest BCUT2D eigenvalue weighted by atomic mass is 79.9. The van der Waals surface area contributed by atoms with E-state index in [4.69, 9.17) is 18.9 Å². The van der Waals surface area contributed by atoms with Gasteiger partial charge in [0.05, 0.1) is 37.4 Å². The van der Waals surface area contributed by atoms with Gasteiger partial charge in [0.1, 0.15) is 5.75 Å². The Morgan fingerprint density at radius 1 is 1.09 bits per heavy atom. The fraction of sp³-hybridized carbons (Fsp3) is 0.417. The number of pyridine rings is 1. The molecule has 0 radical (unpaired) electrons. The Kier molecular flexibility index (Phi) is 6.54. The molecule has 2 aromatic heterocycles. The second kappa shape index (κ2) is 9.70. The Morgan fingerprint density at radius 2 is 2.00 bits per heavy atom. The lowest BCUT2D eigenvalue weighted by molar-refractivity contribution is -0.174. The van der Waals surface area contributed by atoms with Crippen LogP contribution in [0, 0.1) is 0 Å². The minimum Gasteiger partial charge on any atom is -0.492 e. The van der Waals surface area contributed by atoms with Crippen LogP contribution in [-0.4, -0.2) is 41.2 Å². The van der Waals surface area contributed by atoms with Crippen molar-refractivity contribution in [3.05, 3.63) is 64.9 Å². The molecule has 0 bridgehead atoms. The Labute approximate surface area is 195 Å². The van der Waals surface area contributed by atoms with Crippen LogP contribution < -0.4 is 4.74 Å². The number of hydrogen-bond donors (Lipinski definition) is 0. The smallest absolute Gasteiger partial charge is 0.198 e. The molecule has 2 aliphatic heterocycles. The van der Waals surface area contributed by atoms with Gasteiger partial charge in [-0.1, -0.05) is 28.1 Å². The SMILES string of the molecule is Brc1cccc(C2(CCOc3ccc(-c4ccnn4C4CCCCO4)nc3)OCCO2)c1. The van der Waals surface area contributed by atoms with Gasteiger partial charge in [-0.2, -0.15) is 5.10 Å². The first-order valence-corrected chi connectivity index (χ1v) is 11.8. The lowest BCUT2D eigenvalue weighted by Gasteiger charge is -2.28. The van der Waals surface area contributed by atoms with Crippen LogP contribution in [0.15, 0.2) is 59.3 Å². The van der Waals surface area contributed by atoms with Crippen molar-refractivity contribution >= 4 is 15.9 Å². The van der Waals surface area contributed by atoms with E-state index in [0.29, 0.717) is 32.0 Å². The van der Waals surface area contributed by atoms with Gasteiger partial charge in [-0.15, -0.1) is 0 Å². The zero-order valence-corrected chi connectivity index (χ0v) is 19.4. The van der Waals surface area contributed by atoms with E-state index in [1.807, 2.05) is 47.1 Å². The summed E-state index contributed by atoms with van der Waals surface area (Å²) >= 11 is 3.53. The molecule has 2 saturated heterocycles. The second-order valence-corrected chi connectivity index (χ2v) is 8.84. The predicted molar refractivity (Wildman–Crippen MR) is 122 cm³/mol. The molecular formula is C24H26BrN3O4. The number of rotatable bonds is 7. The molecule has 5 rings (SSSR count). The van der Waals surface area contributed by atoms with E-state index in [9.17, 15) is 0 Å². The first kappa shape index (κ1) is 21.6. The Morgan fingerprint density at radius 3 is 2.75 bits per heavy atom. The zero-order chi connectivity index (χ0) is 21.8. The molecule has 2 aliphatic rings. The monoisotopic (exact) mass is 499 g/mol. The van der Waals surface area contributed by atoms with Crippen molar-refractivity contribution in [1.29, 1.82) is 0 Å². The highest BCUT2D eigenvalue weighted by Crippen LogP contribution is 2.36. The molecule has 168 valence electrons. The van der Waals surface area contributed by atoms with Crippen molar-refractivity contribution in [3.8, 4) is 17.1 Å². The maximum Gasteiger partial charge on any atom is 0.198 e. The van der Waals surface area contributed by atoms with E-state index in [-0.39, 0.29) is 6.23 Å². The molecule has 1 unspecified atom stereocenters. The molecule has 3 aromatic rings. The Bertz CT molecular complexity index is 1030. The summed E-state index contributed by atoms with van der Waals surface area (Å²) in [7, 11) is 0. The van der Waals surface area contributed by atoms with Crippen LogP contribution >= 0.6 is 15.9 Å². The van der Waals surface area contributed by atoms with Gasteiger partial charge in [0.15, 0.2) is 12.0 Å². The molecule has 4 heterocycles. The summed E-state index contributed by atoms with van der Waals surface area (Å²) < 4.78 is 26.8. The minimum atomic E-state index is -0.774. The van der Waals surface area contributed by atoms with Crippen molar-refractivity contribution in [2.75, 3.05) is 26.4 Å². The molecule has 0 N–H and O–H groups in total. The van der Waals surface area contributed by atoms with Crippen LogP contribution in [0.4, 0.5) is 0 Å². The van der Waals surface area contributed by atoms with Gasteiger partial charge in [-0.05, 0) is 49.6 Å². The van der Waals surface area contributed by atoms with Crippen molar-refractivity contribution in [3.63, 3.8) is 0 Å². The zero-order valence-electron chi connectivity index (χ0n) is 17.8. The summed E-state index contributed by atoms with van der Waals surface area (Å²) in [5.74, 6) is -0.0694. The molecule has 1 aromatic carbocycles. The average Bonchev–Trinajstić information content (AvgIpc) is 3.51. The van der Waals surface area contributed by atoms with Gasteiger partial charge in [0.2, 0.25) is 0 Å². The molecule has 0 saturated carbocycles. The van der Waals surface area contributed by atoms with E-state index >= 15 is 0 Å². The van der Waals surface area contributed by atoms with Gasteiger partial charge >= 0.3 is 0 Å². The Balaban J connectivity index is 1.24. The molecule has 2 fully saturated rings. The van der Waals surface area contributed by atoms with Crippen molar-refractivity contribution in [2.24, 2.45) is 0 Å². The molecule has 7 nitrogen and oxygen atoms in total. The van der Waals surface area contributed by atoms with Crippen LogP contribution in [0.25, 0.3) is 11.4 Å². The number of ether oxygens (including phenoxy) is 4. The molecule has 0 amide bonds. The number of benzene rings is 1. The van der Waals surface area contributed by atoms with Gasteiger partial charge < -0.3 is 18.9 Å². The van der Waals surface area contributed by atoms with Gasteiger partial charge in [-0.25, -0.2) is 4.68 Å². The summed E-state index contributed by atoms with van der Waals surface area (Å²) in [4.78, 5) is 4.60. The van der Waals surface area contributed by atoms with E-state index < -0.39 is 5.79 Å². The second-order valence-electron chi connectivity index (χ2n) is 7.92. The molecular weight excluding hydrogens is 474 g/mol. The first-order valence-electron chi connectivity index (χ1n) is 11.0. The molecule has 0 aliphatic carbocycles. The van der Waals surface area contributed by atoms with E-state index in [0.717, 1.165) is 47.3 Å². The lowest BCUT2D eigenvalue weighted by atomic mass is 10.0. The van der Waals surface area contributed by atoms with Crippen LogP contribution in [0.1, 0.15) is 37.5 Å². The standard InChI is InChI=1S/C24H26BrN3O4/c25-19-5-3-4-18(16-19)24(31-14-15-32-24)10-13-29-20-7-8-21(26-17-20)22-9-11-27-28(22)23-6-1-2-12-30-23/h3-5,7-9,11,16-17,23H,1-2,6,10,12-15H2. The average molecular weight is 500 g/mol. The maximum absolute atomic E-state index is 6.00. The highest BCUT2D eigenvalue weighted by Gasteiger charge is 2.38. The number of aromatic nitrogens is 3. The van der Waals surface area contributed by atoms with Crippen molar-refractivity contribution < 1.29 is 18.9 Å². The maximum atomic E-state index is 6.00. The number of nitrogens with zero attached hydrogens (tertiary/aromatic N) is 3. The topological polar surface area (TPSA) is 67.6 Å². The summed E-state index contributed by atoms with van der Waals surface area (Å²) in [6.45, 7) is 2.36. The molecule has 32 heavy (non-hydrogen) atoms. The van der Waals surface area contributed by atoms with E-state index in [2.05, 4.69) is 26.0 Å².